The summed E-state index contributed by atoms with van der Waals surface area (Å²) in [5.41, 5.74) is 9.71. The molecule has 514 valence electrons. The van der Waals surface area contributed by atoms with Crippen LogP contribution in [0.5, 0.6) is 0 Å². The number of nitrogens with one attached hydrogen (secondary N) is 6. The second kappa shape index (κ2) is 41.5. The predicted molar refractivity (Wildman–Crippen MR) is 380 cm³/mol. The molecule has 5 rings (SSSR count). The summed E-state index contributed by atoms with van der Waals surface area (Å²) in [4.78, 5) is 49.0. The molecular formula is C69H96Cl5N13O7. The van der Waals surface area contributed by atoms with Crippen LogP contribution in [0.4, 0.5) is 22.7 Å². The number of rotatable bonds is 22. The molecule has 0 radical (unpaired) electrons. The number of amides is 1. The lowest BCUT2D eigenvalue weighted by molar-refractivity contribution is -0.156. The fraction of sp³-hybridized carbons (Fsp3) is 0.522. The normalized spacial score (nSPS) is 13.6. The van der Waals surface area contributed by atoms with Gasteiger partial charge in [0.15, 0.2) is 0 Å². The number of carboxylic acids is 1. The summed E-state index contributed by atoms with van der Waals surface area (Å²) < 4.78 is 10.7. The third kappa shape index (κ3) is 38.8. The number of esters is 2. The van der Waals surface area contributed by atoms with E-state index in [0.717, 1.165) is 31.0 Å². The van der Waals surface area contributed by atoms with Crippen LogP contribution in [-0.2, 0) is 28.7 Å². The molecule has 9 N–H and O–H groups in total. The molecule has 4 atom stereocenters. The standard InChI is InChI=1S/C20H30ClN3O2.C16H22ClN3O2.C16H20ClN3O.C15H20ClN3O2.C2H3N.ClH/c1-19(2,3)13-23-12-16(10-18(25)26-20(4,5)6)24-15-8-7-14(11-22)17(21)9-15;1-16(2,3)10-19-9-13(7-15(21)22)20-12-5-4-11(8-18)14(17)6-12;1-16(2,3)10-20-9-13(7-15(20)21)19-12-5-4-11(8-18)14(17)6-12;1-15(2,3)21-14(20)7-12(9-18)19-11-5-4-10(8-17)13(16)6-11;1-2-3;/h7-9,16,23-24H,10,12-13H2,1-6H3;4-6,13,19-20H,7,9-10H2,1-3H3,(H,21,22);4-6,13,19H,7,9-10H2,1-3H3;4-6,12,19H,7,9,18H2,1-3H3;1H3;1H/t16-;2*13-;12-;;/m0000../s1. The molecule has 25 heteroatoms. The lowest BCUT2D eigenvalue weighted by Crippen LogP contribution is -2.39. The minimum atomic E-state index is -0.866. The Labute approximate surface area is 583 Å². The van der Waals surface area contributed by atoms with E-state index >= 15 is 0 Å². The van der Waals surface area contributed by atoms with Gasteiger partial charge in [-0.2, -0.15) is 26.3 Å². The number of hydrogen-bond donors (Lipinski definition) is 8. The summed E-state index contributed by atoms with van der Waals surface area (Å²) >= 11 is 24.1. The largest absolute Gasteiger partial charge is 0.481 e. The SMILES string of the molecule is CC#N.CC(C)(C)CN1C[C@@H](Nc2ccc(C#N)c(Cl)c2)CC1=O.CC(C)(C)CNC[C@H](CC(=O)O)Nc1ccc(C#N)c(Cl)c1.CC(C)(C)CNC[C@H](CC(=O)OC(C)(C)C)Nc1ccc(C#N)c(Cl)c1.CC(C)(C)OC(=O)C[C@@H](CN)Nc1ccc(C#N)c(Cl)c1.Cl. The van der Waals surface area contributed by atoms with Gasteiger partial charge in [-0.3, -0.25) is 19.2 Å². The van der Waals surface area contributed by atoms with Crippen LogP contribution in [0, 0.1) is 72.9 Å². The zero-order valence-corrected chi connectivity index (χ0v) is 60.9. The van der Waals surface area contributed by atoms with Gasteiger partial charge in [-0.05, 0) is 131 Å². The van der Waals surface area contributed by atoms with Crippen molar-refractivity contribution >= 4 is 105 Å². The van der Waals surface area contributed by atoms with Crippen LogP contribution in [0.25, 0.3) is 0 Å². The van der Waals surface area contributed by atoms with Gasteiger partial charge < -0.3 is 57.1 Å². The average Bonchev–Trinajstić information content (AvgIpc) is 1.71. The van der Waals surface area contributed by atoms with Crippen molar-refractivity contribution in [1.82, 2.24) is 15.5 Å². The summed E-state index contributed by atoms with van der Waals surface area (Å²) in [6.07, 6.45) is 0.875. The van der Waals surface area contributed by atoms with Crippen molar-refractivity contribution in [1.29, 1.82) is 26.3 Å². The van der Waals surface area contributed by atoms with Gasteiger partial charge in [-0.25, -0.2) is 0 Å². The number of benzene rings is 4. The Morgan fingerprint density at radius 1 is 0.564 bits per heavy atom. The van der Waals surface area contributed by atoms with Crippen molar-refractivity contribution in [2.75, 3.05) is 67.1 Å². The van der Waals surface area contributed by atoms with Crippen molar-refractivity contribution in [3.8, 4) is 30.3 Å². The summed E-state index contributed by atoms with van der Waals surface area (Å²) in [7, 11) is 0. The van der Waals surface area contributed by atoms with E-state index in [0.29, 0.717) is 79.8 Å². The Bertz CT molecular complexity index is 3240. The van der Waals surface area contributed by atoms with Gasteiger partial charge in [-0.1, -0.05) is 109 Å². The van der Waals surface area contributed by atoms with Crippen LogP contribution in [-0.4, -0.2) is 115 Å². The van der Waals surface area contributed by atoms with Crippen LogP contribution in [0.2, 0.25) is 20.1 Å². The molecule has 0 spiro atoms. The van der Waals surface area contributed by atoms with Gasteiger partial charge in [0, 0.05) is 100 Å². The van der Waals surface area contributed by atoms with E-state index in [1.165, 1.54) is 6.92 Å². The third-order valence-electron chi connectivity index (χ3n) is 12.2. The molecular weight excluding hydrogens is 1300 g/mol. The molecule has 1 amide bonds. The van der Waals surface area contributed by atoms with Crippen LogP contribution < -0.4 is 37.6 Å². The highest BCUT2D eigenvalue weighted by Gasteiger charge is 2.32. The van der Waals surface area contributed by atoms with Crippen molar-refractivity contribution < 1.29 is 33.8 Å². The topological polar surface area (TPSA) is 327 Å². The van der Waals surface area contributed by atoms with E-state index in [2.05, 4.69) is 94.2 Å². The van der Waals surface area contributed by atoms with E-state index in [1.807, 2.05) is 76.8 Å². The first-order chi connectivity index (χ1) is 43.0. The molecule has 94 heavy (non-hydrogen) atoms. The molecule has 1 aliphatic heterocycles. The Kier molecular flexibility index (Phi) is 38.3. The molecule has 0 aromatic heterocycles. The maximum atomic E-state index is 12.2. The quantitative estimate of drug-likeness (QED) is 0.0339. The number of likely N-dealkylation sites (tertiary alicyclic amines) is 1. The number of carboxylic acid groups (broad SMARTS) is 1. The van der Waals surface area contributed by atoms with Gasteiger partial charge in [0.1, 0.15) is 35.5 Å². The Hall–Kier alpha value is -7.26. The second-order valence-corrected chi connectivity index (χ2v) is 29.3. The number of nitrogens with zero attached hydrogens (tertiary/aromatic N) is 6. The number of ether oxygens (including phenoxy) is 2. The van der Waals surface area contributed by atoms with E-state index in [-0.39, 0.29) is 96.5 Å². The fourth-order valence-electron chi connectivity index (χ4n) is 8.48. The number of aliphatic carboxylic acids is 1. The number of carbonyl (C=O) groups excluding carboxylic acids is 3. The van der Waals surface area contributed by atoms with E-state index < -0.39 is 17.2 Å². The molecule has 1 heterocycles. The van der Waals surface area contributed by atoms with Gasteiger partial charge in [0.25, 0.3) is 0 Å². The number of nitriles is 5. The zero-order valence-electron chi connectivity index (χ0n) is 57.1. The lowest BCUT2D eigenvalue weighted by atomic mass is 9.96. The lowest BCUT2D eigenvalue weighted by Gasteiger charge is -2.26. The van der Waals surface area contributed by atoms with E-state index in [9.17, 15) is 19.2 Å². The maximum absolute atomic E-state index is 12.2. The average molecular weight is 1400 g/mol. The number of anilines is 4. The molecule has 4 aromatic carbocycles. The first-order valence-electron chi connectivity index (χ1n) is 30.3. The van der Waals surface area contributed by atoms with Crippen LogP contribution in [0.15, 0.2) is 72.8 Å². The fourth-order valence-corrected chi connectivity index (χ4v) is 9.37. The van der Waals surface area contributed by atoms with Gasteiger partial charge in [-0.15, -0.1) is 12.4 Å². The number of halogens is 5. The maximum Gasteiger partial charge on any atom is 0.308 e. The highest BCUT2D eigenvalue weighted by Crippen LogP contribution is 2.28. The smallest absolute Gasteiger partial charge is 0.308 e. The van der Waals surface area contributed by atoms with Crippen LogP contribution in [0.3, 0.4) is 0 Å². The molecule has 0 saturated carbocycles. The van der Waals surface area contributed by atoms with Crippen LogP contribution >= 0.6 is 58.8 Å². The Morgan fingerprint density at radius 3 is 1.18 bits per heavy atom. The van der Waals surface area contributed by atoms with Crippen molar-refractivity contribution in [3.63, 3.8) is 0 Å². The van der Waals surface area contributed by atoms with Crippen molar-refractivity contribution in [2.24, 2.45) is 22.0 Å². The molecule has 0 bridgehead atoms. The first kappa shape index (κ1) is 86.7. The van der Waals surface area contributed by atoms with Crippen LogP contribution in [0.1, 0.15) is 159 Å². The summed E-state index contributed by atoms with van der Waals surface area (Å²) in [5, 5.41) is 73.0. The molecule has 1 saturated heterocycles. The molecule has 1 fully saturated rings. The molecule has 4 aromatic rings. The van der Waals surface area contributed by atoms with Gasteiger partial charge in [0.2, 0.25) is 5.91 Å². The Morgan fingerprint density at radius 2 is 0.883 bits per heavy atom. The van der Waals surface area contributed by atoms with E-state index in [4.69, 9.17) is 93.0 Å². The zero-order chi connectivity index (χ0) is 71.1. The monoisotopic (exact) mass is 1390 g/mol. The highest BCUT2D eigenvalue weighted by atomic mass is 35.5. The minimum absolute atomic E-state index is 0. The molecule has 0 aliphatic carbocycles. The van der Waals surface area contributed by atoms with Gasteiger partial charge >= 0.3 is 17.9 Å². The van der Waals surface area contributed by atoms with Crippen molar-refractivity contribution in [2.45, 2.75) is 172 Å². The number of carbonyl (C=O) groups is 4. The molecule has 20 nitrogen and oxygen atoms in total. The van der Waals surface area contributed by atoms with E-state index in [1.54, 1.807) is 72.8 Å². The minimum Gasteiger partial charge on any atom is -0.481 e. The third-order valence-corrected chi connectivity index (χ3v) is 13.4. The second-order valence-electron chi connectivity index (χ2n) is 27.7. The van der Waals surface area contributed by atoms with Crippen molar-refractivity contribution in [3.05, 3.63) is 115 Å². The highest BCUT2D eigenvalue weighted by molar-refractivity contribution is 6.33. The summed E-state index contributed by atoms with van der Waals surface area (Å²) in [6.45, 7) is 36.1. The summed E-state index contributed by atoms with van der Waals surface area (Å²) in [5.74, 6) is -1.26. The van der Waals surface area contributed by atoms with Gasteiger partial charge in [0.05, 0.1) is 73.7 Å². The first-order valence-corrected chi connectivity index (χ1v) is 31.8. The Balaban J connectivity index is 0.00000121. The molecule has 1 aliphatic rings. The predicted octanol–water partition coefficient (Wildman–Crippen LogP) is 14.4. The number of hydrogen-bond acceptors (Lipinski definition) is 18. The molecule has 0 unspecified atom stereocenters. The number of nitrogens with two attached hydrogens (primary N) is 1. The summed E-state index contributed by atoms with van der Waals surface area (Å²) in [6, 6.07) is 29.6.